The van der Waals surface area contributed by atoms with Gasteiger partial charge in [0.1, 0.15) is 6.61 Å². The van der Waals surface area contributed by atoms with Gasteiger partial charge in [-0.2, -0.15) is 5.06 Å². The Morgan fingerprint density at radius 1 is 1.14 bits per heavy atom. The molecule has 0 unspecified atom stereocenters. The summed E-state index contributed by atoms with van der Waals surface area (Å²) in [7, 11) is 3.59. The number of unbranched alkanes of at least 4 members (excludes halogenated alkanes) is 1. The van der Waals surface area contributed by atoms with Crippen molar-refractivity contribution in [3.8, 4) is 11.5 Å². The van der Waals surface area contributed by atoms with Crippen LogP contribution in [-0.4, -0.2) is 32.1 Å². The standard InChI is InChI=1S/C22H28ClNO4/c1-4-5-12-26-22-14-19(24(2)28-22)17-8-11-20(21(13-17)25-3)27-15-16-6-9-18(23)10-7-16/h6-11,13,19,22H,4-5,12,14-15H2,1-3H3/t19-,22+/m1/s1. The van der Waals surface area contributed by atoms with Crippen LogP contribution in [0.1, 0.15) is 43.4 Å². The number of ether oxygens (including phenoxy) is 3. The summed E-state index contributed by atoms with van der Waals surface area (Å²) in [5.41, 5.74) is 2.16. The summed E-state index contributed by atoms with van der Waals surface area (Å²) in [4.78, 5) is 5.82. The van der Waals surface area contributed by atoms with Gasteiger partial charge in [0.05, 0.1) is 13.2 Å². The minimum Gasteiger partial charge on any atom is -0.493 e. The first kappa shape index (κ1) is 20.9. The predicted molar refractivity (Wildman–Crippen MR) is 110 cm³/mol. The second-order valence-corrected chi connectivity index (χ2v) is 7.32. The van der Waals surface area contributed by atoms with Crippen molar-refractivity contribution < 1.29 is 19.0 Å². The van der Waals surface area contributed by atoms with E-state index in [4.69, 9.17) is 30.6 Å². The van der Waals surface area contributed by atoms with Crippen molar-refractivity contribution in [2.45, 2.75) is 45.1 Å². The van der Waals surface area contributed by atoms with Crippen molar-refractivity contribution >= 4 is 11.6 Å². The summed E-state index contributed by atoms with van der Waals surface area (Å²) < 4.78 is 17.3. The lowest BCUT2D eigenvalue weighted by atomic mass is 10.0. The maximum absolute atomic E-state index is 5.95. The Morgan fingerprint density at radius 2 is 1.93 bits per heavy atom. The largest absolute Gasteiger partial charge is 0.493 e. The molecule has 0 N–H and O–H groups in total. The number of halogens is 1. The highest BCUT2D eigenvalue weighted by Gasteiger charge is 2.33. The van der Waals surface area contributed by atoms with Crippen molar-refractivity contribution in [3.05, 3.63) is 58.6 Å². The van der Waals surface area contributed by atoms with Crippen LogP contribution >= 0.6 is 11.6 Å². The Hall–Kier alpha value is -1.79. The van der Waals surface area contributed by atoms with E-state index in [2.05, 4.69) is 13.0 Å². The zero-order chi connectivity index (χ0) is 19.9. The summed E-state index contributed by atoms with van der Waals surface area (Å²) in [5, 5.41) is 2.57. The average Bonchev–Trinajstić information content (AvgIpc) is 3.08. The number of benzene rings is 2. The Bertz CT molecular complexity index is 753. The molecule has 152 valence electrons. The molecule has 2 aromatic rings. The van der Waals surface area contributed by atoms with Gasteiger partial charge in [-0.25, -0.2) is 0 Å². The van der Waals surface area contributed by atoms with Gasteiger partial charge in [0.15, 0.2) is 17.8 Å². The number of hydroxylamine groups is 2. The predicted octanol–water partition coefficient (Wildman–Crippen LogP) is 5.38. The fraction of sp³-hybridized carbons (Fsp3) is 0.455. The number of rotatable bonds is 9. The van der Waals surface area contributed by atoms with Crippen molar-refractivity contribution in [2.24, 2.45) is 0 Å². The van der Waals surface area contributed by atoms with E-state index >= 15 is 0 Å². The van der Waals surface area contributed by atoms with E-state index in [0.717, 1.165) is 37.0 Å². The SMILES string of the molecule is CCCCO[C@@H]1C[C@H](c2ccc(OCc3ccc(Cl)cc3)c(OC)c2)N(C)O1. The van der Waals surface area contributed by atoms with Gasteiger partial charge in [-0.05, 0) is 41.8 Å². The molecule has 5 nitrogen and oxygen atoms in total. The van der Waals surface area contributed by atoms with Crippen LogP contribution in [0, 0.1) is 0 Å². The number of hydrogen-bond donors (Lipinski definition) is 0. The molecule has 0 aliphatic carbocycles. The molecule has 1 saturated heterocycles. The fourth-order valence-electron chi connectivity index (χ4n) is 3.19. The van der Waals surface area contributed by atoms with Crippen LogP contribution in [0.2, 0.25) is 5.02 Å². The molecule has 0 spiro atoms. The molecule has 0 radical (unpaired) electrons. The van der Waals surface area contributed by atoms with E-state index in [1.807, 2.05) is 48.5 Å². The van der Waals surface area contributed by atoms with E-state index in [-0.39, 0.29) is 12.3 Å². The van der Waals surface area contributed by atoms with Crippen LogP contribution in [0.15, 0.2) is 42.5 Å². The Kier molecular flexibility index (Phi) is 7.57. The van der Waals surface area contributed by atoms with Crippen molar-refractivity contribution in [2.75, 3.05) is 20.8 Å². The first-order valence-electron chi connectivity index (χ1n) is 9.67. The van der Waals surface area contributed by atoms with Crippen LogP contribution < -0.4 is 9.47 Å². The van der Waals surface area contributed by atoms with Crippen molar-refractivity contribution in [1.29, 1.82) is 0 Å². The fourth-order valence-corrected chi connectivity index (χ4v) is 3.31. The van der Waals surface area contributed by atoms with Crippen LogP contribution in [-0.2, 0) is 16.2 Å². The first-order valence-corrected chi connectivity index (χ1v) is 10.0. The molecule has 0 amide bonds. The molecule has 0 aromatic heterocycles. The van der Waals surface area contributed by atoms with E-state index in [1.165, 1.54) is 0 Å². The maximum atomic E-state index is 5.95. The van der Waals surface area contributed by atoms with Crippen LogP contribution in [0.5, 0.6) is 11.5 Å². The smallest absolute Gasteiger partial charge is 0.179 e. The molecule has 3 rings (SSSR count). The second-order valence-electron chi connectivity index (χ2n) is 6.88. The zero-order valence-electron chi connectivity index (χ0n) is 16.7. The Morgan fingerprint density at radius 3 is 2.64 bits per heavy atom. The van der Waals surface area contributed by atoms with Gasteiger partial charge in [-0.3, -0.25) is 4.84 Å². The molecular weight excluding hydrogens is 378 g/mol. The van der Waals surface area contributed by atoms with Gasteiger partial charge >= 0.3 is 0 Å². The number of nitrogens with zero attached hydrogens (tertiary/aromatic N) is 1. The third kappa shape index (κ3) is 5.39. The van der Waals surface area contributed by atoms with Gasteiger partial charge in [-0.15, -0.1) is 0 Å². The molecule has 6 heteroatoms. The average molecular weight is 406 g/mol. The first-order chi connectivity index (χ1) is 13.6. The molecule has 1 aliphatic rings. The minimum absolute atomic E-state index is 0.117. The maximum Gasteiger partial charge on any atom is 0.179 e. The molecule has 2 atom stereocenters. The molecule has 1 fully saturated rings. The highest BCUT2D eigenvalue weighted by atomic mass is 35.5. The minimum atomic E-state index is -0.201. The molecule has 28 heavy (non-hydrogen) atoms. The Balaban J connectivity index is 1.64. The Labute approximate surface area is 172 Å². The highest BCUT2D eigenvalue weighted by molar-refractivity contribution is 6.30. The lowest BCUT2D eigenvalue weighted by Crippen LogP contribution is -2.18. The number of methoxy groups -OCH3 is 1. The van der Waals surface area contributed by atoms with Crippen molar-refractivity contribution in [3.63, 3.8) is 0 Å². The molecule has 0 bridgehead atoms. The van der Waals surface area contributed by atoms with Gasteiger partial charge in [0.25, 0.3) is 0 Å². The lowest BCUT2D eigenvalue weighted by molar-refractivity contribution is -0.229. The quantitative estimate of drug-likeness (QED) is 0.524. The van der Waals surface area contributed by atoms with Crippen LogP contribution in [0.25, 0.3) is 0 Å². The summed E-state index contributed by atoms with van der Waals surface area (Å²) in [5.74, 6) is 1.41. The third-order valence-corrected chi connectivity index (χ3v) is 5.07. The van der Waals surface area contributed by atoms with Crippen LogP contribution in [0.4, 0.5) is 0 Å². The monoisotopic (exact) mass is 405 g/mol. The van der Waals surface area contributed by atoms with E-state index in [1.54, 1.807) is 7.11 Å². The summed E-state index contributed by atoms with van der Waals surface area (Å²) in [6, 6.07) is 13.7. The highest BCUT2D eigenvalue weighted by Crippen LogP contribution is 2.38. The topological polar surface area (TPSA) is 40.2 Å². The van der Waals surface area contributed by atoms with Gasteiger partial charge in [-0.1, -0.05) is 43.1 Å². The van der Waals surface area contributed by atoms with Crippen molar-refractivity contribution in [1.82, 2.24) is 5.06 Å². The second kappa shape index (κ2) is 10.1. The number of hydrogen-bond acceptors (Lipinski definition) is 5. The molecule has 1 aliphatic heterocycles. The normalized spacial score (nSPS) is 19.7. The van der Waals surface area contributed by atoms with Gasteiger partial charge in [0, 0.05) is 25.1 Å². The molecule has 2 aromatic carbocycles. The lowest BCUT2D eigenvalue weighted by Gasteiger charge is -2.19. The summed E-state index contributed by atoms with van der Waals surface area (Å²) >= 11 is 5.93. The zero-order valence-corrected chi connectivity index (χ0v) is 17.4. The van der Waals surface area contributed by atoms with Crippen LogP contribution in [0.3, 0.4) is 0 Å². The molecule has 0 saturated carbocycles. The van der Waals surface area contributed by atoms with E-state index in [0.29, 0.717) is 23.1 Å². The molecular formula is C22H28ClNO4. The molecule has 1 heterocycles. The van der Waals surface area contributed by atoms with Gasteiger partial charge in [0.2, 0.25) is 0 Å². The third-order valence-electron chi connectivity index (χ3n) is 4.82. The van der Waals surface area contributed by atoms with E-state index in [9.17, 15) is 0 Å². The van der Waals surface area contributed by atoms with E-state index < -0.39 is 0 Å². The summed E-state index contributed by atoms with van der Waals surface area (Å²) in [6.07, 6.45) is 2.74. The summed E-state index contributed by atoms with van der Waals surface area (Å²) in [6.45, 7) is 3.33. The van der Waals surface area contributed by atoms with Gasteiger partial charge < -0.3 is 14.2 Å².